The number of hydrogen-bond donors (Lipinski definition) is 1. The van der Waals surface area contributed by atoms with Gasteiger partial charge in [-0.05, 0) is 50.7 Å². The molecule has 1 aromatic carbocycles. The Morgan fingerprint density at radius 2 is 1.95 bits per heavy atom. The van der Waals surface area contributed by atoms with Crippen molar-refractivity contribution >= 4 is 21.8 Å². The molecule has 3 nitrogen and oxygen atoms in total. The Hall–Kier alpha value is -0.870. The normalized spacial score (nSPS) is 12.8. The highest BCUT2D eigenvalue weighted by molar-refractivity contribution is 9.10. The first-order valence-electron chi connectivity index (χ1n) is 6.53. The second kappa shape index (κ2) is 7.06. The van der Waals surface area contributed by atoms with Gasteiger partial charge in [0.15, 0.2) is 0 Å². The number of amides is 1. The van der Waals surface area contributed by atoms with Gasteiger partial charge in [-0.1, -0.05) is 29.8 Å². The number of halogens is 1. The van der Waals surface area contributed by atoms with Gasteiger partial charge in [-0.3, -0.25) is 4.79 Å². The minimum atomic E-state index is -0.0168. The molecule has 1 rings (SSSR count). The Morgan fingerprint density at radius 3 is 2.42 bits per heavy atom. The van der Waals surface area contributed by atoms with Crippen LogP contribution in [0.2, 0.25) is 0 Å². The molecule has 4 heteroatoms. The highest BCUT2D eigenvalue weighted by Crippen LogP contribution is 2.15. The van der Waals surface area contributed by atoms with E-state index in [2.05, 4.69) is 40.0 Å². The molecule has 0 radical (unpaired) electrons. The van der Waals surface area contributed by atoms with Gasteiger partial charge in [0.25, 0.3) is 5.91 Å². The van der Waals surface area contributed by atoms with Crippen molar-refractivity contribution in [3.05, 3.63) is 33.8 Å². The highest BCUT2D eigenvalue weighted by atomic mass is 79.9. The molecule has 1 unspecified atom stereocenters. The van der Waals surface area contributed by atoms with Gasteiger partial charge < -0.3 is 10.2 Å². The van der Waals surface area contributed by atoms with Gasteiger partial charge in [-0.25, -0.2) is 0 Å². The first-order valence-corrected chi connectivity index (χ1v) is 7.32. The van der Waals surface area contributed by atoms with Crippen molar-refractivity contribution in [2.75, 3.05) is 20.6 Å². The van der Waals surface area contributed by atoms with Crippen LogP contribution in [-0.4, -0.2) is 37.5 Å². The summed E-state index contributed by atoms with van der Waals surface area (Å²) in [5, 5.41) is 3.01. The van der Waals surface area contributed by atoms with Crippen LogP contribution in [-0.2, 0) is 0 Å². The lowest BCUT2D eigenvalue weighted by atomic mass is 10.0. The fourth-order valence-electron chi connectivity index (χ4n) is 2.18. The number of nitrogens with one attached hydrogen (secondary N) is 1. The van der Waals surface area contributed by atoms with Crippen molar-refractivity contribution in [2.24, 2.45) is 5.92 Å². The molecule has 1 N–H and O–H groups in total. The Labute approximate surface area is 124 Å². The second-order valence-corrected chi connectivity index (χ2v) is 6.42. The molecule has 0 spiro atoms. The van der Waals surface area contributed by atoms with E-state index in [9.17, 15) is 4.79 Å². The van der Waals surface area contributed by atoms with E-state index in [0.29, 0.717) is 24.1 Å². The maximum absolute atomic E-state index is 12.1. The van der Waals surface area contributed by atoms with E-state index in [1.54, 1.807) is 0 Å². The molecule has 1 aromatic rings. The molecule has 0 aromatic heterocycles. The predicted molar refractivity (Wildman–Crippen MR) is 83.5 cm³/mol. The molecule has 0 fully saturated rings. The molecule has 0 aliphatic heterocycles. The van der Waals surface area contributed by atoms with Crippen molar-refractivity contribution in [2.45, 2.75) is 26.8 Å². The number of aryl methyl sites for hydroxylation is 1. The minimum Gasteiger partial charge on any atom is -0.350 e. The predicted octanol–water partition coefficient (Wildman–Crippen LogP) is 3.07. The molecule has 1 amide bonds. The van der Waals surface area contributed by atoms with E-state index in [1.807, 2.05) is 39.2 Å². The van der Waals surface area contributed by atoms with Gasteiger partial charge >= 0.3 is 0 Å². The molecule has 0 saturated carbocycles. The van der Waals surface area contributed by atoms with Gasteiger partial charge in [0.05, 0.1) is 0 Å². The van der Waals surface area contributed by atoms with Crippen molar-refractivity contribution in [1.82, 2.24) is 10.2 Å². The van der Waals surface area contributed by atoms with E-state index in [4.69, 9.17) is 0 Å². The van der Waals surface area contributed by atoms with Gasteiger partial charge in [0, 0.05) is 22.6 Å². The summed E-state index contributed by atoms with van der Waals surface area (Å²) in [7, 11) is 4.08. The van der Waals surface area contributed by atoms with Crippen LogP contribution in [0.4, 0.5) is 0 Å². The first kappa shape index (κ1) is 16.2. The Balaban J connectivity index is 2.69. The summed E-state index contributed by atoms with van der Waals surface area (Å²) < 4.78 is 0.936. The SMILES string of the molecule is Cc1cc(Br)cc(C(=O)NCC(C(C)C)N(C)C)c1. The average Bonchev–Trinajstić information content (AvgIpc) is 2.26. The van der Waals surface area contributed by atoms with Crippen LogP contribution in [0.1, 0.15) is 29.8 Å². The Bertz CT molecular complexity index is 416. The smallest absolute Gasteiger partial charge is 0.251 e. The molecule has 0 heterocycles. The molecule has 0 aliphatic carbocycles. The summed E-state index contributed by atoms with van der Waals surface area (Å²) in [6.45, 7) is 6.98. The summed E-state index contributed by atoms with van der Waals surface area (Å²) in [5.41, 5.74) is 1.78. The van der Waals surface area contributed by atoms with Crippen LogP contribution < -0.4 is 5.32 Å². The lowest BCUT2D eigenvalue weighted by molar-refractivity contribution is 0.0934. The van der Waals surface area contributed by atoms with Crippen LogP contribution in [0.5, 0.6) is 0 Å². The zero-order valence-corrected chi connectivity index (χ0v) is 13.9. The highest BCUT2D eigenvalue weighted by Gasteiger charge is 2.17. The van der Waals surface area contributed by atoms with E-state index in [0.717, 1.165) is 10.0 Å². The fraction of sp³-hybridized carbons (Fsp3) is 0.533. The van der Waals surface area contributed by atoms with Crippen molar-refractivity contribution in [3.8, 4) is 0 Å². The van der Waals surface area contributed by atoms with Gasteiger partial charge in [0.2, 0.25) is 0 Å². The first-order chi connectivity index (χ1) is 8.81. The van der Waals surface area contributed by atoms with Crippen LogP contribution in [0.25, 0.3) is 0 Å². The lowest BCUT2D eigenvalue weighted by Crippen LogP contribution is -2.43. The third kappa shape index (κ3) is 4.96. The topological polar surface area (TPSA) is 32.3 Å². The van der Waals surface area contributed by atoms with Crippen molar-refractivity contribution < 1.29 is 4.79 Å². The molecule has 1 atom stereocenters. The van der Waals surface area contributed by atoms with Crippen LogP contribution >= 0.6 is 15.9 Å². The van der Waals surface area contributed by atoms with Crippen molar-refractivity contribution in [3.63, 3.8) is 0 Å². The summed E-state index contributed by atoms with van der Waals surface area (Å²) in [6, 6.07) is 6.09. The number of carbonyl (C=O) groups is 1. The summed E-state index contributed by atoms with van der Waals surface area (Å²) in [4.78, 5) is 14.3. The van der Waals surface area contributed by atoms with Crippen molar-refractivity contribution in [1.29, 1.82) is 0 Å². The fourth-order valence-corrected chi connectivity index (χ4v) is 2.79. The average molecular weight is 327 g/mol. The van der Waals surface area contributed by atoms with E-state index in [-0.39, 0.29) is 5.91 Å². The van der Waals surface area contributed by atoms with Crippen LogP contribution in [0, 0.1) is 12.8 Å². The summed E-state index contributed by atoms with van der Waals surface area (Å²) in [5.74, 6) is 0.483. The maximum Gasteiger partial charge on any atom is 0.251 e. The van der Waals surface area contributed by atoms with Gasteiger partial charge in [0.1, 0.15) is 0 Å². The number of nitrogens with zero attached hydrogens (tertiary/aromatic N) is 1. The number of hydrogen-bond acceptors (Lipinski definition) is 2. The summed E-state index contributed by atoms with van der Waals surface area (Å²) >= 11 is 3.42. The summed E-state index contributed by atoms with van der Waals surface area (Å²) in [6.07, 6.45) is 0. The third-order valence-corrected chi connectivity index (χ3v) is 3.67. The monoisotopic (exact) mass is 326 g/mol. The zero-order valence-electron chi connectivity index (χ0n) is 12.3. The Morgan fingerprint density at radius 1 is 1.32 bits per heavy atom. The number of likely N-dealkylation sites (N-methyl/N-ethyl adjacent to an activating group) is 1. The lowest BCUT2D eigenvalue weighted by Gasteiger charge is -2.28. The van der Waals surface area contributed by atoms with Crippen LogP contribution in [0.3, 0.4) is 0 Å². The largest absolute Gasteiger partial charge is 0.350 e. The maximum atomic E-state index is 12.1. The molecular formula is C15H23BrN2O. The minimum absolute atomic E-state index is 0.0168. The van der Waals surface area contributed by atoms with E-state index in [1.165, 1.54) is 0 Å². The standard InChI is InChI=1S/C15H23BrN2O/c1-10(2)14(18(4)5)9-17-15(19)12-6-11(3)7-13(16)8-12/h6-8,10,14H,9H2,1-5H3,(H,17,19). The van der Waals surface area contributed by atoms with Gasteiger partial charge in [-0.15, -0.1) is 0 Å². The Kier molecular flexibility index (Phi) is 6.01. The van der Waals surface area contributed by atoms with Gasteiger partial charge in [-0.2, -0.15) is 0 Å². The molecule has 106 valence electrons. The number of carbonyl (C=O) groups excluding carboxylic acids is 1. The number of benzene rings is 1. The van der Waals surface area contributed by atoms with Crippen LogP contribution in [0.15, 0.2) is 22.7 Å². The second-order valence-electron chi connectivity index (χ2n) is 5.50. The molecular weight excluding hydrogens is 304 g/mol. The molecule has 0 aliphatic rings. The van der Waals surface area contributed by atoms with E-state index >= 15 is 0 Å². The molecule has 0 bridgehead atoms. The molecule has 0 saturated heterocycles. The quantitative estimate of drug-likeness (QED) is 0.901. The zero-order chi connectivity index (χ0) is 14.6. The van der Waals surface area contributed by atoms with E-state index < -0.39 is 0 Å². The molecule has 19 heavy (non-hydrogen) atoms. The number of rotatable bonds is 5. The third-order valence-electron chi connectivity index (χ3n) is 3.21.